The molecule has 0 atom stereocenters. The molecule has 0 bridgehead atoms. The number of hydrogen-bond acceptors (Lipinski definition) is 4. The van der Waals surface area contributed by atoms with E-state index in [0.29, 0.717) is 0 Å². The average Bonchev–Trinajstić information content (AvgIpc) is 3.24. The van der Waals surface area contributed by atoms with Gasteiger partial charge in [-0.05, 0) is 62.5 Å². The van der Waals surface area contributed by atoms with E-state index in [-0.39, 0.29) is 5.91 Å². The summed E-state index contributed by atoms with van der Waals surface area (Å²) in [6, 6.07) is 9.75. The summed E-state index contributed by atoms with van der Waals surface area (Å²) in [5.41, 5.74) is 2.88. The molecule has 6 heteroatoms. The third kappa shape index (κ3) is 4.06. The van der Waals surface area contributed by atoms with Crippen LogP contribution in [-0.2, 0) is 13.1 Å². The molecule has 4 rings (SSSR count). The smallest absolute Gasteiger partial charge is 0.265 e. The van der Waals surface area contributed by atoms with Gasteiger partial charge in [0.25, 0.3) is 5.91 Å². The van der Waals surface area contributed by atoms with E-state index in [9.17, 15) is 4.79 Å². The lowest BCUT2D eigenvalue weighted by Gasteiger charge is -2.19. The van der Waals surface area contributed by atoms with Crippen molar-refractivity contribution in [3.8, 4) is 0 Å². The fourth-order valence-corrected chi connectivity index (χ4v) is 4.44. The van der Waals surface area contributed by atoms with Crippen molar-refractivity contribution in [3.63, 3.8) is 0 Å². The second-order valence-electron chi connectivity index (χ2n) is 7.10. The average molecular weight is 383 g/mol. The van der Waals surface area contributed by atoms with Crippen LogP contribution in [0, 0.1) is 0 Å². The molecule has 1 aliphatic rings. The van der Waals surface area contributed by atoms with E-state index in [1.807, 2.05) is 29.6 Å². The number of anilines is 1. The molecule has 1 amide bonds. The van der Waals surface area contributed by atoms with Crippen LogP contribution < -0.4 is 5.32 Å². The highest BCUT2D eigenvalue weighted by Gasteiger charge is 2.16. The van der Waals surface area contributed by atoms with Crippen molar-refractivity contribution in [2.45, 2.75) is 45.7 Å². The zero-order chi connectivity index (χ0) is 18.6. The molecule has 1 N–H and O–H groups in total. The first-order valence-corrected chi connectivity index (χ1v) is 10.7. The van der Waals surface area contributed by atoms with Gasteiger partial charge in [0.15, 0.2) is 0 Å². The van der Waals surface area contributed by atoms with Gasteiger partial charge in [0.2, 0.25) is 0 Å². The Morgan fingerprint density at radius 1 is 1.19 bits per heavy atom. The molecule has 1 aliphatic heterocycles. The second-order valence-corrected chi connectivity index (χ2v) is 8.05. The van der Waals surface area contributed by atoms with Crippen LogP contribution in [0.25, 0.3) is 11.0 Å². The number of benzene rings is 1. The standard InChI is InChI=1S/C21H26N4OS/c1-2-25-18-10-9-16(22-21(26)19-8-7-13-27-19)14-17(18)23-20(25)15-24-11-5-3-4-6-12-24/h7-10,13-14H,2-6,11-12,15H2,1H3,(H,22,26). The molecule has 142 valence electrons. The Labute approximate surface area is 164 Å². The maximum Gasteiger partial charge on any atom is 0.265 e. The number of thiophene rings is 1. The molecule has 5 nitrogen and oxygen atoms in total. The van der Waals surface area contributed by atoms with Crippen LogP contribution in [-0.4, -0.2) is 33.4 Å². The van der Waals surface area contributed by atoms with Gasteiger partial charge in [-0.1, -0.05) is 18.9 Å². The molecule has 1 saturated heterocycles. The van der Waals surface area contributed by atoms with Crippen molar-refractivity contribution < 1.29 is 4.79 Å². The number of nitrogens with zero attached hydrogens (tertiary/aromatic N) is 3. The maximum absolute atomic E-state index is 12.3. The minimum Gasteiger partial charge on any atom is -0.327 e. The maximum atomic E-state index is 12.3. The topological polar surface area (TPSA) is 50.2 Å². The van der Waals surface area contributed by atoms with Gasteiger partial charge in [-0.15, -0.1) is 11.3 Å². The quantitative estimate of drug-likeness (QED) is 0.693. The fraction of sp³-hybridized carbons (Fsp3) is 0.429. The van der Waals surface area contributed by atoms with Gasteiger partial charge in [-0.2, -0.15) is 0 Å². The van der Waals surface area contributed by atoms with Gasteiger partial charge in [0.05, 0.1) is 22.5 Å². The lowest BCUT2D eigenvalue weighted by Crippen LogP contribution is -2.25. The predicted octanol–water partition coefficient (Wildman–Crippen LogP) is 4.75. The number of fused-ring (bicyclic) bond motifs is 1. The Balaban J connectivity index is 1.57. The van der Waals surface area contributed by atoms with E-state index in [0.717, 1.165) is 53.6 Å². The highest BCUT2D eigenvalue weighted by Crippen LogP contribution is 2.23. The molecule has 0 unspecified atom stereocenters. The Morgan fingerprint density at radius 2 is 2.00 bits per heavy atom. The number of imidazole rings is 1. The van der Waals surface area contributed by atoms with Crippen LogP contribution in [0.4, 0.5) is 5.69 Å². The molecule has 3 heterocycles. The first kappa shape index (κ1) is 18.2. The number of nitrogens with one attached hydrogen (secondary N) is 1. The molecular weight excluding hydrogens is 356 g/mol. The largest absolute Gasteiger partial charge is 0.327 e. The Morgan fingerprint density at radius 3 is 2.70 bits per heavy atom. The van der Waals surface area contributed by atoms with E-state index < -0.39 is 0 Å². The Hall–Kier alpha value is -2.18. The number of aryl methyl sites for hydroxylation is 1. The van der Waals surface area contributed by atoms with Gasteiger partial charge in [-0.3, -0.25) is 9.69 Å². The molecule has 1 fully saturated rings. The van der Waals surface area contributed by atoms with Crippen LogP contribution in [0.2, 0.25) is 0 Å². The molecule has 0 saturated carbocycles. The molecule has 1 aromatic carbocycles. The number of likely N-dealkylation sites (tertiary alicyclic amines) is 1. The van der Waals surface area contributed by atoms with Crippen molar-refractivity contribution >= 4 is 34.0 Å². The highest BCUT2D eigenvalue weighted by molar-refractivity contribution is 7.12. The summed E-state index contributed by atoms with van der Waals surface area (Å²) in [6.07, 6.45) is 5.25. The lowest BCUT2D eigenvalue weighted by molar-refractivity contribution is 0.103. The van der Waals surface area contributed by atoms with Gasteiger partial charge in [0.1, 0.15) is 5.82 Å². The van der Waals surface area contributed by atoms with E-state index >= 15 is 0 Å². The fourth-order valence-electron chi connectivity index (χ4n) is 3.83. The molecule has 2 aromatic heterocycles. The van der Waals surface area contributed by atoms with Gasteiger partial charge >= 0.3 is 0 Å². The Kier molecular flexibility index (Phi) is 5.55. The third-order valence-electron chi connectivity index (χ3n) is 5.21. The monoisotopic (exact) mass is 382 g/mol. The third-order valence-corrected chi connectivity index (χ3v) is 6.08. The highest BCUT2D eigenvalue weighted by atomic mass is 32.1. The molecule has 27 heavy (non-hydrogen) atoms. The van der Waals surface area contributed by atoms with Crippen molar-refractivity contribution in [2.75, 3.05) is 18.4 Å². The number of aromatic nitrogens is 2. The zero-order valence-corrected chi connectivity index (χ0v) is 16.6. The van der Waals surface area contributed by atoms with E-state index in [1.54, 1.807) is 0 Å². The number of carbonyl (C=O) groups excluding carboxylic acids is 1. The molecule has 0 aliphatic carbocycles. The summed E-state index contributed by atoms with van der Waals surface area (Å²) in [7, 11) is 0. The summed E-state index contributed by atoms with van der Waals surface area (Å²) in [6.45, 7) is 6.30. The molecular formula is C21H26N4OS. The van der Waals surface area contributed by atoms with Crippen LogP contribution >= 0.6 is 11.3 Å². The van der Waals surface area contributed by atoms with Crippen LogP contribution in [0.15, 0.2) is 35.7 Å². The predicted molar refractivity (Wildman–Crippen MR) is 111 cm³/mol. The lowest BCUT2D eigenvalue weighted by atomic mass is 10.2. The van der Waals surface area contributed by atoms with Crippen molar-refractivity contribution in [1.82, 2.24) is 14.5 Å². The summed E-state index contributed by atoms with van der Waals surface area (Å²) in [5.74, 6) is 1.06. The summed E-state index contributed by atoms with van der Waals surface area (Å²) >= 11 is 1.45. The summed E-state index contributed by atoms with van der Waals surface area (Å²) in [5, 5.41) is 4.90. The van der Waals surface area contributed by atoms with Gasteiger partial charge < -0.3 is 9.88 Å². The second kappa shape index (κ2) is 8.23. The van der Waals surface area contributed by atoms with Crippen molar-refractivity contribution in [1.29, 1.82) is 0 Å². The van der Waals surface area contributed by atoms with Gasteiger partial charge in [-0.25, -0.2) is 4.98 Å². The first-order chi connectivity index (χ1) is 13.2. The SMILES string of the molecule is CCn1c(CN2CCCCCC2)nc2cc(NC(=O)c3cccs3)ccc21. The van der Waals surface area contributed by atoms with E-state index in [4.69, 9.17) is 4.98 Å². The minimum atomic E-state index is -0.0657. The number of carbonyl (C=O) groups is 1. The molecule has 0 spiro atoms. The van der Waals surface area contributed by atoms with E-state index in [2.05, 4.69) is 27.8 Å². The minimum absolute atomic E-state index is 0.0657. The first-order valence-electron chi connectivity index (χ1n) is 9.81. The normalized spacial score (nSPS) is 15.7. The van der Waals surface area contributed by atoms with Gasteiger partial charge in [0, 0.05) is 12.2 Å². The molecule has 3 aromatic rings. The molecule has 0 radical (unpaired) electrons. The summed E-state index contributed by atoms with van der Waals surface area (Å²) in [4.78, 5) is 20.5. The Bertz CT molecular complexity index is 908. The van der Waals surface area contributed by atoms with Crippen molar-refractivity contribution in [2.24, 2.45) is 0 Å². The summed E-state index contributed by atoms with van der Waals surface area (Å²) < 4.78 is 2.30. The number of rotatable bonds is 5. The van der Waals surface area contributed by atoms with Crippen LogP contribution in [0.1, 0.15) is 48.1 Å². The van der Waals surface area contributed by atoms with E-state index in [1.165, 1.54) is 37.0 Å². The zero-order valence-electron chi connectivity index (χ0n) is 15.8. The van der Waals surface area contributed by atoms with Crippen LogP contribution in [0.5, 0.6) is 0 Å². The van der Waals surface area contributed by atoms with Crippen molar-refractivity contribution in [3.05, 3.63) is 46.4 Å². The number of hydrogen-bond donors (Lipinski definition) is 1. The van der Waals surface area contributed by atoms with Crippen LogP contribution in [0.3, 0.4) is 0 Å². The number of amides is 1.